The lowest BCUT2D eigenvalue weighted by molar-refractivity contribution is -0.121. The Labute approximate surface area is 166 Å². The largest absolute Gasteiger partial charge is 0.356 e. The number of thiocarbonyl (C=S) groups is 1. The van der Waals surface area contributed by atoms with Gasteiger partial charge in [-0.25, -0.2) is 4.98 Å². The van der Waals surface area contributed by atoms with Crippen LogP contribution in [-0.2, 0) is 4.79 Å². The first-order chi connectivity index (χ1) is 13.0. The fraction of sp³-hybridized carbons (Fsp3) is 0.368. The maximum Gasteiger partial charge on any atom is 0.267 e. The summed E-state index contributed by atoms with van der Waals surface area (Å²) in [5.74, 6) is 1.14. The van der Waals surface area contributed by atoms with Gasteiger partial charge < -0.3 is 4.90 Å². The van der Waals surface area contributed by atoms with Crippen molar-refractivity contribution in [3.05, 3.63) is 45.2 Å². The second kappa shape index (κ2) is 7.09. The molecule has 140 valence electrons. The molecular weight excluding hydrogens is 380 g/mol. The summed E-state index contributed by atoms with van der Waals surface area (Å²) in [6, 6.07) is 5.49. The van der Waals surface area contributed by atoms with Crippen LogP contribution in [0.5, 0.6) is 0 Å². The topological polar surface area (TPSA) is 57.9 Å². The molecule has 2 saturated heterocycles. The quantitative estimate of drug-likeness (QED) is 0.571. The molecule has 0 atom stereocenters. The van der Waals surface area contributed by atoms with Crippen molar-refractivity contribution in [3.63, 3.8) is 0 Å². The van der Waals surface area contributed by atoms with E-state index in [4.69, 9.17) is 17.2 Å². The van der Waals surface area contributed by atoms with Crippen LogP contribution in [0.2, 0.25) is 0 Å². The highest BCUT2D eigenvalue weighted by Crippen LogP contribution is 2.33. The van der Waals surface area contributed by atoms with E-state index >= 15 is 0 Å². The maximum absolute atomic E-state index is 13.2. The fourth-order valence-corrected chi connectivity index (χ4v) is 4.52. The summed E-state index contributed by atoms with van der Waals surface area (Å²) in [5, 5.41) is 0. The number of aromatic nitrogens is 2. The first-order valence-corrected chi connectivity index (χ1v) is 10.2. The molecule has 4 rings (SSSR count). The summed E-state index contributed by atoms with van der Waals surface area (Å²) in [6.45, 7) is 3.95. The minimum Gasteiger partial charge on any atom is -0.356 e. The van der Waals surface area contributed by atoms with Gasteiger partial charge in [-0.15, -0.1) is 0 Å². The molecule has 0 bridgehead atoms. The number of pyridine rings is 1. The Hall–Kier alpha value is -2.19. The summed E-state index contributed by atoms with van der Waals surface area (Å²) in [6.07, 6.45) is 5.48. The number of nitrogens with zero attached hydrogens (tertiary/aromatic N) is 4. The third-order valence-corrected chi connectivity index (χ3v) is 6.58. The number of hydrogen-bond acceptors (Lipinski definition) is 6. The van der Waals surface area contributed by atoms with Gasteiger partial charge in [0.2, 0.25) is 0 Å². The third-order valence-electron chi connectivity index (χ3n) is 5.09. The zero-order valence-electron chi connectivity index (χ0n) is 15.2. The van der Waals surface area contributed by atoms with Gasteiger partial charge in [-0.1, -0.05) is 37.0 Å². The number of fused-ring (bicyclic) bond motifs is 1. The van der Waals surface area contributed by atoms with E-state index < -0.39 is 0 Å². The molecule has 0 saturated carbocycles. The Bertz CT molecular complexity index is 1020. The number of piperidine rings is 1. The second-order valence-corrected chi connectivity index (χ2v) is 8.67. The van der Waals surface area contributed by atoms with Crippen molar-refractivity contribution in [1.29, 1.82) is 0 Å². The minimum atomic E-state index is -0.180. The van der Waals surface area contributed by atoms with E-state index in [1.807, 2.05) is 12.1 Å². The van der Waals surface area contributed by atoms with Crippen molar-refractivity contribution in [3.8, 4) is 0 Å². The lowest BCUT2D eigenvalue weighted by Crippen LogP contribution is -2.36. The van der Waals surface area contributed by atoms with Gasteiger partial charge in [-0.3, -0.25) is 18.9 Å². The molecule has 2 aromatic rings. The monoisotopic (exact) mass is 400 g/mol. The Morgan fingerprint density at radius 1 is 1.26 bits per heavy atom. The van der Waals surface area contributed by atoms with Gasteiger partial charge in [0.15, 0.2) is 0 Å². The van der Waals surface area contributed by atoms with E-state index in [1.165, 1.54) is 21.1 Å². The molecule has 2 aromatic heterocycles. The molecule has 2 aliphatic rings. The predicted octanol–water partition coefficient (Wildman–Crippen LogP) is 2.76. The normalized spacial score (nSPS) is 20.3. The van der Waals surface area contributed by atoms with Crippen LogP contribution in [0.25, 0.3) is 11.7 Å². The zero-order valence-corrected chi connectivity index (χ0v) is 16.8. The van der Waals surface area contributed by atoms with Crippen LogP contribution in [0.4, 0.5) is 5.82 Å². The number of carbonyl (C=O) groups excluding carboxylic acids is 1. The first kappa shape index (κ1) is 18.2. The predicted molar refractivity (Wildman–Crippen MR) is 113 cm³/mol. The molecule has 0 spiro atoms. The maximum atomic E-state index is 13.2. The summed E-state index contributed by atoms with van der Waals surface area (Å²) in [5.41, 5.74) is 0.883. The molecule has 8 heteroatoms. The number of hydrogen-bond donors (Lipinski definition) is 0. The third kappa shape index (κ3) is 3.27. The van der Waals surface area contributed by atoms with Crippen molar-refractivity contribution < 1.29 is 4.79 Å². The van der Waals surface area contributed by atoms with E-state index in [0.29, 0.717) is 32.2 Å². The van der Waals surface area contributed by atoms with Crippen LogP contribution in [-0.4, -0.2) is 44.6 Å². The molecule has 0 unspecified atom stereocenters. The van der Waals surface area contributed by atoms with Gasteiger partial charge in [-0.2, -0.15) is 0 Å². The molecule has 0 radical (unpaired) electrons. The standard InChI is InChI=1S/C19H20N4O2S2/c1-12-6-9-22(10-7-12)16-13(11-14-18(25)21(2)19(26)27-14)17(24)23-8-4-3-5-15(23)20-16/h3-5,8,11-12H,6-7,9-10H2,1-2H3. The van der Waals surface area contributed by atoms with Gasteiger partial charge in [-0.05, 0) is 37.0 Å². The highest BCUT2D eigenvalue weighted by molar-refractivity contribution is 8.26. The van der Waals surface area contributed by atoms with Gasteiger partial charge >= 0.3 is 0 Å². The minimum absolute atomic E-state index is 0.171. The second-order valence-electron chi connectivity index (χ2n) is 6.99. The van der Waals surface area contributed by atoms with Crippen molar-refractivity contribution in [1.82, 2.24) is 14.3 Å². The van der Waals surface area contributed by atoms with E-state index in [9.17, 15) is 9.59 Å². The highest BCUT2D eigenvalue weighted by atomic mass is 32.2. The Kier molecular flexibility index (Phi) is 4.77. The van der Waals surface area contributed by atoms with Crippen molar-refractivity contribution in [2.75, 3.05) is 25.0 Å². The van der Waals surface area contributed by atoms with Crippen molar-refractivity contribution in [2.45, 2.75) is 19.8 Å². The van der Waals surface area contributed by atoms with E-state index in [-0.39, 0.29) is 11.5 Å². The Balaban J connectivity index is 1.88. The zero-order chi connectivity index (χ0) is 19.1. The molecule has 0 aromatic carbocycles. The molecule has 1 amide bonds. The van der Waals surface area contributed by atoms with Crippen LogP contribution in [0.15, 0.2) is 34.1 Å². The van der Waals surface area contributed by atoms with Crippen LogP contribution in [0.3, 0.4) is 0 Å². The molecule has 0 aliphatic carbocycles. The van der Waals surface area contributed by atoms with Crippen LogP contribution < -0.4 is 10.5 Å². The van der Waals surface area contributed by atoms with Gasteiger partial charge in [0.05, 0.1) is 10.5 Å². The Morgan fingerprint density at radius 3 is 2.67 bits per heavy atom. The lowest BCUT2D eigenvalue weighted by atomic mass is 9.99. The summed E-state index contributed by atoms with van der Waals surface area (Å²) in [7, 11) is 1.65. The molecule has 2 fully saturated rings. The number of amides is 1. The summed E-state index contributed by atoms with van der Waals surface area (Å²) >= 11 is 6.43. The van der Waals surface area contributed by atoms with Crippen LogP contribution in [0, 0.1) is 5.92 Å². The van der Waals surface area contributed by atoms with Gasteiger partial charge in [0, 0.05) is 26.3 Å². The summed E-state index contributed by atoms with van der Waals surface area (Å²) < 4.78 is 2.02. The molecule has 6 nitrogen and oxygen atoms in total. The average molecular weight is 401 g/mol. The summed E-state index contributed by atoms with van der Waals surface area (Å²) in [4.78, 5) is 34.4. The SMILES string of the molecule is CC1CCN(c2nc3ccccn3c(=O)c2C=C2SC(=S)N(C)C2=O)CC1. The molecular formula is C19H20N4O2S2. The fourth-order valence-electron chi connectivity index (χ4n) is 3.36. The molecule has 0 N–H and O–H groups in total. The van der Waals surface area contributed by atoms with E-state index in [1.54, 1.807) is 25.4 Å². The first-order valence-electron chi connectivity index (χ1n) is 8.93. The van der Waals surface area contributed by atoms with Crippen LogP contribution in [0.1, 0.15) is 25.3 Å². The number of anilines is 1. The lowest BCUT2D eigenvalue weighted by Gasteiger charge is -2.32. The molecule has 27 heavy (non-hydrogen) atoms. The molecule has 4 heterocycles. The van der Waals surface area contributed by atoms with E-state index in [0.717, 1.165) is 25.9 Å². The average Bonchev–Trinajstić information content (AvgIpc) is 2.91. The van der Waals surface area contributed by atoms with Crippen LogP contribution >= 0.6 is 24.0 Å². The highest BCUT2D eigenvalue weighted by Gasteiger charge is 2.30. The Morgan fingerprint density at radius 2 is 2.00 bits per heavy atom. The van der Waals surface area contributed by atoms with Crippen molar-refractivity contribution in [2.24, 2.45) is 5.92 Å². The smallest absolute Gasteiger partial charge is 0.267 e. The number of carbonyl (C=O) groups is 1. The number of rotatable bonds is 2. The van der Waals surface area contributed by atoms with Crippen molar-refractivity contribution >= 4 is 51.7 Å². The molecule has 2 aliphatic heterocycles. The van der Waals surface area contributed by atoms with Gasteiger partial charge in [0.25, 0.3) is 11.5 Å². The van der Waals surface area contributed by atoms with E-state index in [2.05, 4.69) is 11.8 Å². The number of thioether (sulfide) groups is 1. The number of likely N-dealkylation sites (N-methyl/N-ethyl adjacent to an activating group) is 1. The van der Waals surface area contributed by atoms with Gasteiger partial charge in [0.1, 0.15) is 15.8 Å².